The van der Waals surface area contributed by atoms with Crippen LogP contribution < -0.4 is 0 Å². The Labute approximate surface area is 96.4 Å². The molecule has 0 aliphatic rings. The zero-order valence-corrected chi connectivity index (χ0v) is 9.37. The first kappa shape index (κ1) is 13.2. The molecule has 0 atom stereocenters. The molecule has 1 aromatic carbocycles. The number of alkyl halides is 2. The number of nitro groups is 1. The maximum absolute atomic E-state index is 12.8. The van der Waals surface area contributed by atoms with Crippen LogP contribution in [0.1, 0.15) is 41.8 Å². The molecule has 0 fully saturated rings. The molecular weight excluding hydrogens is 232 g/mol. The van der Waals surface area contributed by atoms with E-state index < -0.39 is 28.4 Å². The zero-order valence-electron chi connectivity index (χ0n) is 9.37. The number of hydrogen-bond donors (Lipinski definition) is 0. The van der Waals surface area contributed by atoms with Crippen LogP contribution in [-0.2, 0) is 6.42 Å². The molecule has 0 saturated heterocycles. The van der Waals surface area contributed by atoms with Gasteiger partial charge >= 0.3 is 0 Å². The van der Waals surface area contributed by atoms with Gasteiger partial charge in [0.25, 0.3) is 12.1 Å². The van der Waals surface area contributed by atoms with Crippen LogP contribution in [0.25, 0.3) is 0 Å². The van der Waals surface area contributed by atoms with Gasteiger partial charge in [-0.25, -0.2) is 8.78 Å². The Bertz CT molecular complexity index is 472. The standard InChI is InChI=1S/C11H11F2NO3/c1-3-8-9(11(12)13)4-7(6(2)15)5-10(8)14(16)17/h4-5,11H,3H2,1-2H3. The molecule has 4 nitrogen and oxygen atoms in total. The minimum absolute atomic E-state index is 0.0185. The van der Waals surface area contributed by atoms with Crippen molar-refractivity contribution in [1.29, 1.82) is 0 Å². The second-order valence-corrected chi connectivity index (χ2v) is 3.53. The molecule has 0 saturated carbocycles. The lowest BCUT2D eigenvalue weighted by atomic mass is 9.98. The quantitative estimate of drug-likeness (QED) is 0.463. The summed E-state index contributed by atoms with van der Waals surface area (Å²) in [5.74, 6) is -0.474. The number of halogens is 2. The summed E-state index contributed by atoms with van der Waals surface area (Å²) >= 11 is 0. The number of ketones is 1. The number of nitro benzene ring substituents is 1. The maximum atomic E-state index is 12.8. The van der Waals surface area contributed by atoms with Crippen molar-refractivity contribution in [2.75, 3.05) is 0 Å². The first-order valence-corrected chi connectivity index (χ1v) is 4.98. The first-order chi connectivity index (χ1) is 7.88. The first-order valence-electron chi connectivity index (χ1n) is 4.98. The molecule has 0 aliphatic heterocycles. The van der Waals surface area contributed by atoms with Gasteiger partial charge in [0.05, 0.1) is 4.92 Å². The number of nitrogens with zero attached hydrogens (tertiary/aromatic N) is 1. The predicted octanol–water partition coefficient (Wildman–Crippen LogP) is 3.30. The van der Waals surface area contributed by atoms with Gasteiger partial charge in [-0.3, -0.25) is 14.9 Å². The third kappa shape index (κ3) is 2.64. The second-order valence-electron chi connectivity index (χ2n) is 3.53. The summed E-state index contributed by atoms with van der Waals surface area (Å²) in [5, 5.41) is 10.8. The summed E-state index contributed by atoms with van der Waals surface area (Å²) in [5.41, 5.74) is -0.943. The molecule has 6 heteroatoms. The average molecular weight is 243 g/mol. The molecule has 0 aromatic heterocycles. The van der Waals surface area contributed by atoms with Gasteiger partial charge in [-0.2, -0.15) is 0 Å². The third-order valence-electron chi connectivity index (χ3n) is 2.45. The number of hydrogen-bond acceptors (Lipinski definition) is 3. The fourth-order valence-electron chi connectivity index (χ4n) is 1.62. The Morgan fingerprint density at radius 2 is 2.06 bits per heavy atom. The van der Waals surface area contributed by atoms with Crippen molar-refractivity contribution in [2.45, 2.75) is 26.7 Å². The molecule has 0 bridgehead atoms. The Morgan fingerprint density at radius 3 is 2.41 bits per heavy atom. The van der Waals surface area contributed by atoms with Crippen molar-refractivity contribution >= 4 is 11.5 Å². The molecule has 0 aliphatic carbocycles. The highest BCUT2D eigenvalue weighted by Gasteiger charge is 2.23. The van der Waals surface area contributed by atoms with Gasteiger partial charge in [0.15, 0.2) is 5.78 Å². The highest BCUT2D eigenvalue weighted by molar-refractivity contribution is 5.95. The molecule has 0 radical (unpaired) electrons. The van der Waals surface area contributed by atoms with Crippen molar-refractivity contribution in [1.82, 2.24) is 0 Å². The van der Waals surface area contributed by atoms with Crippen LogP contribution in [0.2, 0.25) is 0 Å². The van der Waals surface area contributed by atoms with Gasteiger partial charge in [0.1, 0.15) is 0 Å². The molecule has 0 amide bonds. The van der Waals surface area contributed by atoms with Crippen molar-refractivity contribution in [3.05, 3.63) is 38.9 Å². The summed E-state index contributed by atoms with van der Waals surface area (Å²) in [6.45, 7) is 2.74. The molecule has 92 valence electrons. The molecule has 1 aromatic rings. The van der Waals surface area contributed by atoms with Crippen LogP contribution in [0.5, 0.6) is 0 Å². The summed E-state index contributed by atoms with van der Waals surface area (Å²) in [6, 6.07) is 2.08. The van der Waals surface area contributed by atoms with Gasteiger partial charge in [-0.1, -0.05) is 6.92 Å². The SMILES string of the molecule is CCc1c(C(F)F)cc(C(C)=O)cc1[N+](=O)[O-]. The lowest BCUT2D eigenvalue weighted by molar-refractivity contribution is -0.385. The van der Waals surface area contributed by atoms with Crippen LogP contribution in [0, 0.1) is 10.1 Å². The van der Waals surface area contributed by atoms with E-state index in [0.717, 1.165) is 12.1 Å². The van der Waals surface area contributed by atoms with Gasteiger partial charge in [-0.15, -0.1) is 0 Å². The largest absolute Gasteiger partial charge is 0.295 e. The molecule has 0 unspecified atom stereocenters. The van der Waals surface area contributed by atoms with Crippen LogP contribution in [0.3, 0.4) is 0 Å². The van der Waals surface area contributed by atoms with Crippen molar-refractivity contribution < 1.29 is 18.5 Å². The van der Waals surface area contributed by atoms with Crippen molar-refractivity contribution in [3.8, 4) is 0 Å². The Balaban J connectivity index is 3.57. The average Bonchev–Trinajstić information content (AvgIpc) is 2.26. The van der Waals surface area contributed by atoms with Gasteiger partial charge in [-0.05, 0) is 19.4 Å². The Hall–Kier alpha value is -1.85. The second kappa shape index (κ2) is 4.99. The van der Waals surface area contributed by atoms with E-state index in [4.69, 9.17) is 0 Å². The van der Waals surface area contributed by atoms with E-state index in [-0.39, 0.29) is 17.5 Å². The van der Waals surface area contributed by atoms with E-state index in [1.807, 2.05) is 0 Å². The lowest BCUT2D eigenvalue weighted by Gasteiger charge is -2.09. The molecule has 0 N–H and O–H groups in total. The number of carbonyl (C=O) groups is 1. The summed E-state index contributed by atoms with van der Waals surface area (Å²) in [6.07, 6.45) is -2.71. The van der Waals surface area contributed by atoms with Gasteiger partial charge in [0.2, 0.25) is 0 Å². The molecular formula is C11H11F2NO3. The van der Waals surface area contributed by atoms with Crippen molar-refractivity contribution in [3.63, 3.8) is 0 Å². The van der Waals surface area contributed by atoms with E-state index in [1.165, 1.54) is 6.92 Å². The highest BCUT2D eigenvalue weighted by Crippen LogP contribution is 2.32. The number of benzene rings is 1. The van der Waals surface area contributed by atoms with Crippen molar-refractivity contribution in [2.24, 2.45) is 0 Å². The van der Waals surface area contributed by atoms with Crippen LogP contribution in [-0.4, -0.2) is 10.7 Å². The van der Waals surface area contributed by atoms with Gasteiger partial charge < -0.3 is 0 Å². The fraction of sp³-hybridized carbons (Fsp3) is 0.364. The summed E-state index contributed by atoms with van der Waals surface area (Å²) in [4.78, 5) is 21.2. The van der Waals surface area contributed by atoms with E-state index >= 15 is 0 Å². The molecule has 17 heavy (non-hydrogen) atoms. The van der Waals surface area contributed by atoms with E-state index in [0.29, 0.717) is 0 Å². The molecule has 0 heterocycles. The summed E-state index contributed by atoms with van der Waals surface area (Å²) < 4.78 is 25.5. The predicted molar refractivity (Wildman–Crippen MR) is 57.4 cm³/mol. The molecule has 1 rings (SSSR count). The van der Waals surface area contributed by atoms with Crippen LogP contribution >= 0.6 is 0 Å². The fourth-order valence-corrected chi connectivity index (χ4v) is 1.62. The number of rotatable bonds is 4. The maximum Gasteiger partial charge on any atom is 0.273 e. The number of Topliss-reactive ketones (excluding diaryl/α,β-unsaturated/α-hetero) is 1. The highest BCUT2D eigenvalue weighted by atomic mass is 19.3. The lowest BCUT2D eigenvalue weighted by Crippen LogP contribution is -2.04. The smallest absolute Gasteiger partial charge is 0.273 e. The Kier molecular flexibility index (Phi) is 3.88. The van der Waals surface area contributed by atoms with E-state index in [2.05, 4.69) is 0 Å². The van der Waals surface area contributed by atoms with Gasteiger partial charge in [0, 0.05) is 22.8 Å². The minimum atomic E-state index is -2.83. The van der Waals surface area contributed by atoms with E-state index in [9.17, 15) is 23.7 Å². The number of carbonyl (C=O) groups excluding carboxylic acids is 1. The minimum Gasteiger partial charge on any atom is -0.295 e. The molecule has 0 spiro atoms. The van der Waals surface area contributed by atoms with Crippen LogP contribution in [0.15, 0.2) is 12.1 Å². The Morgan fingerprint density at radius 1 is 1.47 bits per heavy atom. The topological polar surface area (TPSA) is 60.2 Å². The van der Waals surface area contributed by atoms with E-state index in [1.54, 1.807) is 6.92 Å². The summed E-state index contributed by atoms with van der Waals surface area (Å²) in [7, 11) is 0. The van der Waals surface area contributed by atoms with Crippen LogP contribution in [0.4, 0.5) is 14.5 Å². The third-order valence-corrected chi connectivity index (χ3v) is 2.45. The normalized spacial score (nSPS) is 10.6. The zero-order chi connectivity index (χ0) is 13.2. The monoisotopic (exact) mass is 243 g/mol.